The number of nitriles is 2. The van der Waals surface area contributed by atoms with Gasteiger partial charge in [-0.25, -0.2) is 0 Å². The predicted octanol–water partition coefficient (Wildman–Crippen LogP) is 2.78. The Morgan fingerprint density at radius 3 is 2.89 bits per heavy atom. The standard InChI is InChI=1S/C16H14N2O/c17-9-15(10-18)8-16-5-4-13(19-16)7-12(16)6-11-2-1-3-14(11)15/h3-5,7,11,13H,1-2,6,8H2/t11?,13-,16-/m1/s1. The summed E-state index contributed by atoms with van der Waals surface area (Å²) in [6.45, 7) is 0. The van der Waals surface area contributed by atoms with Gasteiger partial charge >= 0.3 is 0 Å². The molecule has 94 valence electrons. The van der Waals surface area contributed by atoms with Gasteiger partial charge in [-0.15, -0.1) is 0 Å². The zero-order chi connectivity index (χ0) is 13.1. The molecule has 4 aliphatic rings. The Morgan fingerprint density at radius 2 is 2.16 bits per heavy atom. The number of hydrogen-bond acceptors (Lipinski definition) is 3. The minimum absolute atomic E-state index is 0.0528. The van der Waals surface area contributed by atoms with E-state index >= 15 is 0 Å². The molecule has 0 amide bonds. The van der Waals surface area contributed by atoms with Crippen LogP contribution in [0.4, 0.5) is 0 Å². The largest absolute Gasteiger partial charge is 0.355 e. The topological polar surface area (TPSA) is 56.8 Å². The van der Waals surface area contributed by atoms with Gasteiger partial charge in [-0.05, 0) is 48.5 Å². The predicted molar refractivity (Wildman–Crippen MR) is 68.5 cm³/mol. The molecule has 3 atom stereocenters. The van der Waals surface area contributed by atoms with Crippen molar-refractivity contribution in [2.75, 3.05) is 0 Å². The van der Waals surface area contributed by atoms with E-state index in [1.54, 1.807) is 0 Å². The molecule has 0 N–H and O–H groups in total. The molecule has 1 fully saturated rings. The van der Waals surface area contributed by atoms with E-state index in [2.05, 4.69) is 30.4 Å². The second-order valence-corrected chi connectivity index (χ2v) is 5.97. The van der Waals surface area contributed by atoms with Gasteiger partial charge in [0.1, 0.15) is 5.60 Å². The zero-order valence-corrected chi connectivity index (χ0v) is 10.6. The summed E-state index contributed by atoms with van der Waals surface area (Å²) in [5.74, 6) is 0.348. The summed E-state index contributed by atoms with van der Waals surface area (Å²) >= 11 is 0. The van der Waals surface area contributed by atoms with Gasteiger partial charge < -0.3 is 4.74 Å². The van der Waals surface area contributed by atoms with E-state index < -0.39 is 11.0 Å². The average Bonchev–Trinajstić information content (AvgIpc) is 3.10. The van der Waals surface area contributed by atoms with Crippen LogP contribution in [0, 0.1) is 34.0 Å². The molecule has 4 rings (SSSR count). The van der Waals surface area contributed by atoms with Crippen molar-refractivity contribution in [2.45, 2.75) is 37.4 Å². The fraction of sp³-hybridized carbons (Fsp3) is 0.500. The molecule has 0 aromatic heterocycles. The highest BCUT2D eigenvalue weighted by Gasteiger charge is 2.55. The van der Waals surface area contributed by atoms with Gasteiger partial charge in [0.2, 0.25) is 0 Å². The lowest BCUT2D eigenvalue weighted by molar-refractivity contribution is 0.0281. The molecule has 2 heterocycles. The first-order valence-corrected chi connectivity index (χ1v) is 6.83. The van der Waals surface area contributed by atoms with E-state index in [9.17, 15) is 10.5 Å². The first-order valence-electron chi connectivity index (χ1n) is 6.83. The molecule has 2 aliphatic heterocycles. The first-order chi connectivity index (χ1) is 9.21. The molecular weight excluding hydrogens is 236 g/mol. The normalized spacial score (nSPS) is 40.5. The van der Waals surface area contributed by atoms with E-state index in [1.165, 1.54) is 5.57 Å². The van der Waals surface area contributed by atoms with Gasteiger partial charge in [0.15, 0.2) is 5.41 Å². The lowest BCUT2D eigenvalue weighted by Gasteiger charge is -2.29. The van der Waals surface area contributed by atoms with Crippen LogP contribution in [-0.4, -0.2) is 11.7 Å². The maximum atomic E-state index is 9.64. The van der Waals surface area contributed by atoms with Gasteiger partial charge in [-0.3, -0.25) is 0 Å². The molecule has 0 aromatic rings. The van der Waals surface area contributed by atoms with E-state index in [4.69, 9.17) is 4.74 Å². The zero-order valence-electron chi connectivity index (χ0n) is 10.6. The fourth-order valence-electron chi connectivity index (χ4n) is 4.13. The molecule has 0 aromatic carbocycles. The average molecular weight is 250 g/mol. The monoisotopic (exact) mass is 250 g/mol. The molecule has 1 unspecified atom stereocenters. The lowest BCUT2D eigenvalue weighted by atomic mass is 9.73. The molecule has 2 aliphatic carbocycles. The Kier molecular flexibility index (Phi) is 1.96. The number of hydrogen-bond donors (Lipinski definition) is 0. The smallest absolute Gasteiger partial charge is 0.168 e. The van der Waals surface area contributed by atoms with Crippen molar-refractivity contribution in [1.82, 2.24) is 0 Å². The number of fused-ring (bicyclic) bond motifs is 2. The van der Waals surface area contributed by atoms with Crippen LogP contribution >= 0.6 is 0 Å². The van der Waals surface area contributed by atoms with Crippen molar-refractivity contribution in [3.8, 4) is 12.1 Å². The SMILES string of the molecule is N#CC1(C#N)C[C@]23C=C[C@H](C=C2CC2CCC=C21)O3. The molecule has 1 spiro atoms. The maximum Gasteiger partial charge on any atom is 0.168 e. The Morgan fingerprint density at radius 1 is 1.32 bits per heavy atom. The summed E-state index contributed by atoms with van der Waals surface area (Å²) in [7, 11) is 0. The summed E-state index contributed by atoms with van der Waals surface area (Å²) in [5.41, 5.74) is 0.828. The highest BCUT2D eigenvalue weighted by Crippen LogP contribution is 2.56. The van der Waals surface area contributed by atoms with Crippen LogP contribution in [0.25, 0.3) is 0 Å². The Bertz CT molecular complexity index is 614. The summed E-state index contributed by atoms with van der Waals surface area (Å²) in [6, 6.07) is 4.60. The number of allylic oxidation sites excluding steroid dienone is 2. The van der Waals surface area contributed by atoms with Crippen LogP contribution in [0.2, 0.25) is 0 Å². The van der Waals surface area contributed by atoms with E-state index in [0.29, 0.717) is 12.3 Å². The van der Waals surface area contributed by atoms with E-state index in [0.717, 1.165) is 24.8 Å². The van der Waals surface area contributed by atoms with Gasteiger partial charge in [0, 0.05) is 6.42 Å². The minimum atomic E-state index is -1.01. The second-order valence-electron chi connectivity index (χ2n) is 5.97. The van der Waals surface area contributed by atoms with Crippen LogP contribution < -0.4 is 0 Å². The lowest BCUT2D eigenvalue weighted by Crippen LogP contribution is -2.34. The van der Waals surface area contributed by atoms with Gasteiger partial charge in [0.05, 0.1) is 18.2 Å². The molecule has 3 heteroatoms. The van der Waals surface area contributed by atoms with Crippen LogP contribution in [0.5, 0.6) is 0 Å². The number of rotatable bonds is 0. The third-order valence-electron chi connectivity index (χ3n) is 5.00. The van der Waals surface area contributed by atoms with Crippen LogP contribution in [0.1, 0.15) is 25.7 Å². The van der Waals surface area contributed by atoms with Crippen LogP contribution in [-0.2, 0) is 4.74 Å². The molecule has 2 bridgehead atoms. The Hall–Kier alpha value is -1.84. The maximum absolute atomic E-state index is 9.64. The summed E-state index contributed by atoms with van der Waals surface area (Å²) in [5, 5.41) is 19.3. The van der Waals surface area contributed by atoms with E-state index in [-0.39, 0.29) is 6.10 Å². The molecule has 3 nitrogen and oxygen atoms in total. The van der Waals surface area contributed by atoms with Crippen molar-refractivity contribution in [1.29, 1.82) is 10.5 Å². The van der Waals surface area contributed by atoms with Gasteiger partial charge in [-0.2, -0.15) is 10.5 Å². The molecule has 0 radical (unpaired) electrons. The highest BCUT2D eigenvalue weighted by atomic mass is 16.5. The summed E-state index contributed by atoms with van der Waals surface area (Å²) < 4.78 is 6.03. The summed E-state index contributed by atoms with van der Waals surface area (Å²) in [4.78, 5) is 0. The number of ether oxygens (including phenoxy) is 1. The van der Waals surface area contributed by atoms with Crippen molar-refractivity contribution < 1.29 is 4.74 Å². The number of nitrogens with zero attached hydrogens (tertiary/aromatic N) is 2. The second kappa shape index (κ2) is 3.38. The van der Waals surface area contributed by atoms with E-state index in [1.807, 2.05) is 6.08 Å². The fourth-order valence-corrected chi connectivity index (χ4v) is 4.13. The highest BCUT2D eigenvalue weighted by molar-refractivity contribution is 5.48. The van der Waals surface area contributed by atoms with Gasteiger partial charge in [0.25, 0.3) is 0 Å². The van der Waals surface area contributed by atoms with Crippen LogP contribution in [0.3, 0.4) is 0 Å². The third-order valence-corrected chi connectivity index (χ3v) is 5.00. The van der Waals surface area contributed by atoms with Crippen LogP contribution in [0.15, 0.2) is 35.5 Å². The van der Waals surface area contributed by atoms with Crippen molar-refractivity contribution in [3.63, 3.8) is 0 Å². The molecule has 1 saturated carbocycles. The molecular formula is C16H14N2O. The Labute approximate surface area is 112 Å². The minimum Gasteiger partial charge on any atom is -0.355 e. The van der Waals surface area contributed by atoms with Gasteiger partial charge in [-0.1, -0.05) is 12.2 Å². The van der Waals surface area contributed by atoms with Crippen molar-refractivity contribution >= 4 is 0 Å². The quantitative estimate of drug-likeness (QED) is 0.621. The Balaban J connectivity index is 1.89. The van der Waals surface area contributed by atoms with Crippen molar-refractivity contribution in [2.24, 2.45) is 11.3 Å². The first kappa shape index (κ1) is 11.0. The third kappa shape index (κ3) is 1.24. The van der Waals surface area contributed by atoms with Crippen molar-refractivity contribution in [3.05, 3.63) is 35.5 Å². The molecule has 0 saturated heterocycles. The molecule has 19 heavy (non-hydrogen) atoms. The summed E-state index contributed by atoms with van der Waals surface area (Å²) in [6.07, 6.45) is 11.9.